The molecule has 0 aliphatic carbocycles. The summed E-state index contributed by atoms with van der Waals surface area (Å²) >= 11 is 5.89. The number of methoxy groups -OCH3 is 1. The molecule has 21 heavy (non-hydrogen) atoms. The molecule has 0 heterocycles. The Kier molecular flexibility index (Phi) is 5.15. The fourth-order valence-electron chi connectivity index (χ4n) is 1.90. The van der Waals surface area contributed by atoms with Crippen molar-refractivity contribution >= 4 is 28.2 Å². The standard InChI is InChI=1S/C16H15ClO3S/c1-11(16(18)12-5-3-6-13(17)9-12)21(19)15-8-4-7-14(10-15)20-2/h3-11H,1-2H3. The van der Waals surface area contributed by atoms with E-state index in [9.17, 15) is 9.00 Å². The highest BCUT2D eigenvalue weighted by atomic mass is 35.5. The van der Waals surface area contributed by atoms with E-state index in [4.69, 9.17) is 16.3 Å². The molecule has 0 radical (unpaired) electrons. The molecule has 0 N–H and O–H groups in total. The van der Waals surface area contributed by atoms with Crippen LogP contribution in [0.3, 0.4) is 0 Å². The number of rotatable bonds is 5. The largest absolute Gasteiger partial charge is 0.497 e. The number of halogens is 1. The third-order valence-corrected chi connectivity index (χ3v) is 4.88. The summed E-state index contributed by atoms with van der Waals surface area (Å²) in [7, 11) is 0.0944. The van der Waals surface area contributed by atoms with Crippen LogP contribution in [0.15, 0.2) is 53.4 Å². The molecule has 0 aliphatic heterocycles. The summed E-state index contributed by atoms with van der Waals surface area (Å²) in [5.74, 6) is 0.418. The van der Waals surface area contributed by atoms with E-state index in [0.29, 0.717) is 21.2 Å². The molecule has 2 aromatic rings. The summed E-state index contributed by atoms with van der Waals surface area (Å²) < 4.78 is 17.6. The molecule has 0 bridgehead atoms. The van der Waals surface area contributed by atoms with Crippen molar-refractivity contribution in [1.82, 2.24) is 0 Å². The lowest BCUT2D eigenvalue weighted by atomic mass is 10.1. The van der Waals surface area contributed by atoms with Crippen LogP contribution in [0.4, 0.5) is 0 Å². The molecule has 2 unspecified atom stereocenters. The van der Waals surface area contributed by atoms with Gasteiger partial charge in [0.15, 0.2) is 5.78 Å². The minimum Gasteiger partial charge on any atom is -0.497 e. The number of carbonyl (C=O) groups excluding carboxylic acids is 1. The molecule has 3 nitrogen and oxygen atoms in total. The number of benzene rings is 2. The maximum atomic E-state index is 12.5. The van der Waals surface area contributed by atoms with Crippen LogP contribution in [-0.4, -0.2) is 22.4 Å². The predicted octanol–water partition coefficient (Wildman–Crippen LogP) is 3.73. The van der Waals surface area contributed by atoms with Gasteiger partial charge in [0.1, 0.15) is 5.75 Å². The molecule has 0 saturated carbocycles. The molecule has 0 spiro atoms. The Hall–Kier alpha value is -1.65. The van der Waals surface area contributed by atoms with Gasteiger partial charge in [0.05, 0.1) is 23.2 Å². The summed E-state index contributed by atoms with van der Waals surface area (Å²) in [6, 6.07) is 13.6. The van der Waals surface area contributed by atoms with E-state index in [2.05, 4.69) is 0 Å². The van der Waals surface area contributed by atoms with Crippen molar-refractivity contribution < 1.29 is 13.7 Å². The van der Waals surface area contributed by atoms with Crippen molar-refractivity contribution in [2.45, 2.75) is 17.1 Å². The third-order valence-electron chi connectivity index (χ3n) is 3.07. The molecule has 5 heteroatoms. The van der Waals surface area contributed by atoms with E-state index in [0.717, 1.165) is 0 Å². The minimum absolute atomic E-state index is 0.196. The Balaban J connectivity index is 2.24. The van der Waals surface area contributed by atoms with Crippen molar-refractivity contribution in [3.05, 3.63) is 59.1 Å². The van der Waals surface area contributed by atoms with Crippen molar-refractivity contribution in [3.63, 3.8) is 0 Å². The lowest BCUT2D eigenvalue weighted by Gasteiger charge is -2.11. The molecule has 0 saturated heterocycles. The van der Waals surface area contributed by atoms with Gasteiger partial charge in [-0.25, -0.2) is 0 Å². The molecular weight excluding hydrogens is 308 g/mol. The summed E-state index contributed by atoms with van der Waals surface area (Å²) in [6.07, 6.45) is 0. The van der Waals surface area contributed by atoms with E-state index in [1.807, 2.05) is 0 Å². The first-order valence-electron chi connectivity index (χ1n) is 6.37. The summed E-state index contributed by atoms with van der Waals surface area (Å²) in [5.41, 5.74) is 0.464. The van der Waals surface area contributed by atoms with Gasteiger partial charge >= 0.3 is 0 Å². The molecule has 2 rings (SSSR count). The highest BCUT2D eigenvalue weighted by Crippen LogP contribution is 2.21. The Morgan fingerprint density at radius 1 is 1.19 bits per heavy atom. The van der Waals surface area contributed by atoms with Crippen LogP contribution in [0.2, 0.25) is 5.02 Å². The molecule has 0 amide bonds. The van der Waals surface area contributed by atoms with E-state index in [1.165, 1.54) is 0 Å². The smallest absolute Gasteiger partial charge is 0.178 e. The lowest BCUT2D eigenvalue weighted by molar-refractivity contribution is 0.0992. The first kappa shape index (κ1) is 15.7. The van der Waals surface area contributed by atoms with E-state index in [-0.39, 0.29) is 5.78 Å². The van der Waals surface area contributed by atoms with Crippen molar-refractivity contribution in [2.24, 2.45) is 0 Å². The zero-order valence-electron chi connectivity index (χ0n) is 11.7. The SMILES string of the molecule is COc1cccc(S(=O)C(C)C(=O)c2cccc(Cl)c2)c1. The van der Waals surface area contributed by atoms with E-state index >= 15 is 0 Å². The fourth-order valence-corrected chi connectivity index (χ4v) is 3.28. The first-order chi connectivity index (χ1) is 10.0. The number of ether oxygens (including phenoxy) is 1. The summed E-state index contributed by atoms with van der Waals surface area (Å²) in [5, 5.41) is -0.171. The van der Waals surface area contributed by atoms with Crippen LogP contribution in [0.5, 0.6) is 5.75 Å². The van der Waals surface area contributed by atoms with Gasteiger partial charge in [0.25, 0.3) is 0 Å². The quantitative estimate of drug-likeness (QED) is 0.788. The topological polar surface area (TPSA) is 43.4 Å². The summed E-state index contributed by atoms with van der Waals surface area (Å²) in [6.45, 7) is 1.65. The highest BCUT2D eigenvalue weighted by Gasteiger charge is 2.23. The fraction of sp³-hybridized carbons (Fsp3) is 0.188. The lowest BCUT2D eigenvalue weighted by Crippen LogP contribution is -2.22. The Morgan fingerprint density at radius 3 is 2.57 bits per heavy atom. The van der Waals surface area contributed by atoms with Crippen molar-refractivity contribution in [2.75, 3.05) is 7.11 Å². The molecule has 0 aliphatic rings. The predicted molar refractivity (Wildman–Crippen MR) is 84.6 cm³/mol. The third kappa shape index (κ3) is 3.71. The van der Waals surface area contributed by atoms with E-state index in [1.54, 1.807) is 62.6 Å². The maximum absolute atomic E-state index is 12.5. The molecular formula is C16H15ClO3S. The molecule has 0 fully saturated rings. The van der Waals surface area contributed by atoms with E-state index < -0.39 is 16.0 Å². The van der Waals surface area contributed by atoms with Gasteiger partial charge in [0, 0.05) is 15.5 Å². The van der Waals surface area contributed by atoms with Crippen LogP contribution >= 0.6 is 11.6 Å². The number of Topliss-reactive ketones (excluding diaryl/α,β-unsaturated/α-hetero) is 1. The second kappa shape index (κ2) is 6.87. The molecule has 2 atom stereocenters. The van der Waals surface area contributed by atoms with Crippen molar-refractivity contribution in [1.29, 1.82) is 0 Å². The van der Waals surface area contributed by atoms with Crippen LogP contribution in [-0.2, 0) is 10.8 Å². The van der Waals surface area contributed by atoms with Gasteiger partial charge in [-0.2, -0.15) is 0 Å². The average Bonchev–Trinajstić information content (AvgIpc) is 2.52. The Morgan fingerprint density at radius 2 is 1.90 bits per heavy atom. The molecule has 0 aromatic heterocycles. The first-order valence-corrected chi connectivity index (χ1v) is 7.96. The zero-order chi connectivity index (χ0) is 15.4. The number of carbonyl (C=O) groups is 1. The number of ketones is 1. The second-order valence-corrected chi connectivity index (χ2v) is 6.70. The van der Waals surface area contributed by atoms with Gasteiger partial charge in [-0.3, -0.25) is 9.00 Å². The normalized spacial score (nSPS) is 13.5. The molecule has 2 aromatic carbocycles. The van der Waals surface area contributed by atoms with Crippen LogP contribution in [0, 0.1) is 0 Å². The average molecular weight is 323 g/mol. The Bertz CT molecular complexity index is 685. The molecule has 110 valence electrons. The number of hydrogen-bond acceptors (Lipinski definition) is 3. The van der Waals surface area contributed by atoms with Gasteiger partial charge in [-0.15, -0.1) is 0 Å². The Labute approximate surface area is 131 Å². The minimum atomic E-state index is -1.45. The van der Waals surface area contributed by atoms with Gasteiger partial charge in [-0.05, 0) is 37.3 Å². The second-order valence-electron chi connectivity index (χ2n) is 4.49. The van der Waals surface area contributed by atoms with Crippen LogP contribution < -0.4 is 4.74 Å². The highest BCUT2D eigenvalue weighted by molar-refractivity contribution is 7.86. The van der Waals surface area contributed by atoms with Crippen LogP contribution in [0.1, 0.15) is 17.3 Å². The van der Waals surface area contributed by atoms with Gasteiger partial charge < -0.3 is 4.74 Å². The number of hydrogen-bond donors (Lipinski definition) is 0. The van der Waals surface area contributed by atoms with Gasteiger partial charge in [-0.1, -0.05) is 29.8 Å². The monoisotopic (exact) mass is 322 g/mol. The van der Waals surface area contributed by atoms with Crippen molar-refractivity contribution in [3.8, 4) is 5.75 Å². The zero-order valence-corrected chi connectivity index (χ0v) is 13.3. The van der Waals surface area contributed by atoms with Gasteiger partial charge in [0.2, 0.25) is 0 Å². The summed E-state index contributed by atoms with van der Waals surface area (Å²) in [4.78, 5) is 13.0. The van der Waals surface area contributed by atoms with Crippen LogP contribution in [0.25, 0.3) is 0 Å². The maximum Gasteiger partial charge on any atom is 0.178 e.